The Hall–Kier alpha value is -1.95. The van der Waals surface area contributed by atoms with Gasteiger partial charge in [-0.2, -0.15) is 5.10 Å². The highest BCUT2D eigenvalue weighted by Gasteiger charge is 2.22. The Kier molecular flexibility index (Phi) is 3.57. The minimum absolute atomic E-state index is 0.294. The number of aryl methyl sites for hydroxylation is 1. The van der Waals surface area contributed by atoms with Gasteiger partial charge < -0.3 is 10.5 Å². The van der Waals surface area contributed by atoms with Gasteiger partial charge in [0.25, 0.3) is 0 Å². The molecule has 0 radical (unpaired) electrons. The van der Waals surface area contributed by atoms with E-state index in [1.165, 1.54) is 19.5 Å². The highest BCUT2D eigenvalue weighted by atomic mass is 19.1. The van der Waals surface area contributed by atoms with Crippen LogP contribution >= 0.6 is 0 Å². The first-order valence-electron chi connectivity index (χ1n) is 5.64. The molecule has 0 amide bonds. The number of aromatic nitrogens is 3. The maximum atomic E-state index is 13.9. The maximum Gasteiger partial charge on any atom is 0.148 e. The van der Waals surface area contributed by atoms with Gasteiger partial charge in [-0.15, -0.1) is 0 Å². The first kappa shape index (κ1) is 12.5. The lowest BCUT2D eigenvalue weighted by Crippen LogP contribution is -2.20. The van der Waals surface area contributed by atoms with Gasteiger partial charge in [0.2, 0.25) is 0 Å². The predicted molar refractivity (Wildman–Crippen MR) is 64.7 cm³/mol. The lowest BCUT2D eigenvalue weighted by Gasteiger charge is -2.16. The molecule has 2 rings (SSSR count). The van der Waals surface area contributed by atoms with Gasteiger partial charge in [-0.25, -0.2) is 14.1 Å². The van der Waals surface area contributed by atoms with Gasteiger partial charge in [0.05, 0.1) is 18.7 Å². The Bertz CT molecular complexity index is 541. The van der Waals surface area contributed by atoms with E-state index < -0.39 is 11.9 Å². The van der Waals surface area contributed by atoms with Crippen molar-refractivity contribution in [2.24, 2.45) is 5.73 Å². The van der Waals surface area contributed by atoms with Crippen molar-refractivity contribution >= 4 is 0 Å². The van der Waals surface area contributed by atoms with Crippen molar-refractivity contribution in [3.05, 3.63) is 41.7 Å². The molecule has 1 aromatic carbocycles. The highest BCUT2D eigenvalue weighted by molar-refractivity contribution is 5.39. The Labute approximate surface area is 104 Å². The smallest absolute Gasteiger partial charge is 0.148 e. The molecule has 0 saturated carbocycles. The van der Waals surface area contributed by atoms with Crippen LogP contribution in [0.3, 0.4) is 0 Å². The van der Waals surface area contributed by atoms with Crippen molar-refractivity contribution in [3.8, 4) is 5.75 Å². The summed E-state index contributed by atoms with van der Waals surface area (Å²) in [6, 6.07) is 3.90. The molecule has 0 saturated heterocycles. The van der Waals surface area contributed by atoms with Crippen LogP contribution in [-0.4, -0.2) is 21.9 Å². The topological polar surface area (TPSA) is 66.0 Å². The molecule has 1 heterocycles. The number of methoxy groups -OCH3 is 1. The fourth-order valence-corrected chi connectivity index (χ4v) is 1.88. The zero-order valence-corrected chi connectivity index (χ0v) is 10.3. The lowest BCUT2D eigenvalue weighted by molar-refractivity contribution is 0.400. The van der Waals surface area contributed by atoms with E-state index >= 15 is 0 Å². The summed E-state index contributed by atoms with van der Waals surface area (Å²) >= 11 is 0. The maximum absolute atomic E-state index is 13.9. The molecule has 0 spiro atoms. The van der Waals surface area contributed by atoms with E-state index in [0.29, 0.717) is 23.7 Å². The molecule has 0 aliphatic heterocycles. The first-order valence-corrected chi connectivity index (χ1v) is 5.64. The monoisotopic (exact) mass is 250 g/mol. The Morgan fingerprint density at radius 1 is 1.50 bits per heavy atom. The van der Waals surface area contributed by atoms with Crippen molar-refractivity contribution in [2.75, 3.05) is 7.11 Å². The quantitative estimate of drug-likeness (QED) is 0.892. The van der Waals surface area contributed by atoms with E-state index in [0.717, 1.165) is 0 Å². The standard InChI is InChI=1S/C12H15FN4O/c1-3-17-12(15-7-16-17)11(14)10-8(13)5-4-6-9(10)18-2/h4-7,11H,3,14H2,1-2H3. The van der Waals surface area contributed by atoms with Gasteiger partial charge in [-0.05, 0) is 19.1 Å². The zero-order chi connectivity index (χ0) is 13.1. The highest BCUT2D eigenvalue weighted by Crippen LogP contribution is 2.29. The summed E-state index contributed by atoms with van der Waals surface area (Å²) in [4.78, 5) is 4.08. The van der Waals surface area contributed by atoms with Gasteiger partial charge in [0.1, 0.15) is 23.7 Å². The number of benzene rings is 1. The van der Waals surface area contributed by atoms with Crippen LogP contribution in [0.25, 0.3) is 0 Å². The van der Waals surface area contributed by atoms with Gasteiger partial charge >= 0.3 is 0 Å². The average Bonchev–Trinajstić information content (AvgIpc) is 2.85. The second kappa shape index (κ2) is 5.14. The van der Waals surface area contributed by atoms with Gasteiger partial charge in [-0.3, -0.25) is 0 Å². The summed E-state index contributed by atoms with van der Waals surface area (Å²) in [5.41, 5.74) is 6.37. The third-order valence-corrected chi connectivity index (χ3v) is 2.77. The summed E-state index contributed by atoms with van der Waals surface area (Å²) in [6.07, 6.45) is 1.41. The van der Waals surface area contributed by atoms with E-state index in [1.54, 1.807) is 16.8 Å². The van der Waals surface area contributed by atoms with Crippen LogP contribution in [0.2, 0.25) is 0 Å². The Balaban J connectivity index is 2.49. The SMILES string of the molecule is CCn1ncnc1C(N)c1c(F)cccc1OC. The van der Waals surface area contributed by atoms with E-state index in [-0.39, 0.29) is 0 Å². The molecule has 6 heteroatoms. The molecule has 1 atom stereocenters. The third kappa shape index (κ3) is 2.06. The minimum atomic E-state index is -0.705. The second-order valence-electron chi connectivity index (χ2n) is 3.77. The number of nitrogens with zero attached hydrogens (tertiary/aromatic N) is 3. The second-order valence-corrected chi connectivity index (χ2v) is 3.77. The predicted octanol–water partition coefficient (Wildman–Crippen LogP) is 1.49. The summed E-state index contributed by atoms with van der Waals surface area (Å²) in [7, 11) is 1.48. The van der Waals surface area contributed by atoms with Crippen LogP contribution < -0.4 is 10.5 Å². The van der Waals surface area contributed by atoms with Gasteiger partial charge in [0, 0.05) is 6.54 Å². The summed E-state index contributed by atoms with van der Waals surface area (Å²) < 4.78 is 20.7. The van der Waals surface area contributed by atoms with Crippen molar-refractivity contribution in [2.45, 2.75) is 19.5 Å². The molecule has 96 valence electrons. The van der Waals surface area contributed by atoms with Crippen LogP contribution in [0.15, 0.2) is 24.5 Å². The number of hydrogen-bond acceptors (Lipinski definition) is 4. The zero-order valence-electron chi connectivity index (χ0n) is 10.3. The average molecular weight is 250 g/mol. The molecule has 0 bridgehead atoms. The molecule has 0 fully saturated rings. The first-order chi connectivity index (χ1) is 8.69. The molecule has 1 aromatic heterocycles. The number of nitrogens with two attached hydrogens (primary N) is 1. The molecular formula is C12H15FN4O. The Morgan fingerprint density at radius 3 is 2.94 bits per heavy atom. The van der Waals surface area contributed by atoms with Gasteiger partial charge in [-0.1, -0.05) is 6.07 Å². The minimum Gasteiger partial charge on any atom is -0.496 e. The van der Waals surface area contributed by atoms with Crippen molar-refractivity contribution in [1.82, 2.24) is 14.8 Å². The molecule has 18 heavy (non-hydrogen) atoms. The van der Waals surface area contributed by atoms with E-state index in [9.17, 15) is 4.39 Å². The number of rotatable bonds is 4. The van der Waals surface area contributed by atoms with E-state index in [2.05, 4.69) is 10.1 Å². The molecular weight excluding hydrogens is 235 g/mol. The normalized spacial score (nSPS) is 12.4. The van der Waals surface area contributed by atoms with Crippen LogP contribution in [0, 0.1) is 5.82 Å². The van der Waals surface area contributed by atoms with Crippen LogP contribution in [0.1, 0.15) is 24.4 Å². The fraction of sp³-hybridized carbons (Fsp3) is 0.333. The van der Waals surface area contributed by atoms with Gasteiger partial charge in [0.15, 0.2) is 0 Å². The molecule has 5 nitrogen and oxygen atoms in total. The summed E-state index contributed by atoms with van der Waals surface area (Å²) in [6.45, 7) is 2.54. The number of ether oxygens (including phenoxy) is 1. The largest absolute Gasteiger partial charge is 0.496 e. The van der Waals surface area contributed by atoms with Crippen LogP contribution in [0.5, 0.6) is 5.75 Å². The summed E-state index contributed by atoms with van der Waals surface area (Å²) in [5, 5.41) is 4.03. The van der Waals surface area contributed by atoms with Crippen molar-refractivity contribution in [1.29, 1.82) is 0 Å². The molecule has 2 aromatic rings. The fourth-order valence-electron chi connectivity index (χ4n) is 1.88. The van der Waals surface area contributed by atoms with E-state index in [4.69, 9.17) is 10.5 Å². The Morgan fingerprint density at radius 2 is 2.28 bits per heavy atom. The molecule has 0 aliphatic rings. The number of hydrogen-bond donors (Lipinski definition) is 1. The van der Waals surface area contributed by atoms with Crippen LogP contribution in [0.4, 0.5) is 4.39 Å². The third-order valence-electron chi connectivity index (χ3n) is 2.77. The molecule has 1 unspecified atom stereocenters. The molecule has 0 aliphatic carbocycles. The number of halogens is 1. The lowest BCUT2D eigenvalue weighted by atomic mass is 10.0. The van der Waals surface area contributed by atoms with Crippen molar-refractivity contribution < 1.29 is 9.13 Å². The van der Waals surface area contributed by atoms with E-state index in [1.807, 2.05) is 6.92 Å². The summed E-state index contributed by atoms with van der Waals surface area (Å²) in [5.74, 6) is 0.515. The molecule has 2 N–H and O–H groups in total. The van der Waals surface area contributed by atoms with Crippen molar-refractivity contribution in [3.63, 3.8) is 0 Å². The van der Waals surface area contributed by atoms with Crippen LogP contribution in [-0.2, 0) is 6.54 Å².